The minimum Gasteiger partial charge on any atom is -0.310 e. The molecule has 0 bridgehead atoms. The van der Waals surface area contributed by atoms with Crippen LogP contribution >= 0.6 is 0 Å². The van der Waals surface area contributed by atoms with Crippen molar-refractivity contribution in [2.75, 3.05) is 0 Å². The van der Waals surface area contributed by atoms with Gasteiger partial charge in [-0.2, -0.15) is 0 Å². The summed E-state index contributed by atoms with van der Waals surface area (Å²) >= 11 is 0. The van der Waals surface area contributed by atoms with Gasteiger partial charge in [-0.05, 0) is 55.9 Å². The molecule has 1 saturated carbocycles. The van der Waals surface area contributed by atoms with Crippen molar-refractivity contribution >= 4 is 10.9 Å². The molecule has 1 aliphatic rings. The fraction of sp³-hybridized carbons (Fsp3) is 0.471. The molecule has 0 amide bonds. The van der Waals surface area contributed by atoms with E-state index in [1.165, 1.54) is 30.2 Å². The molecule has 1 heterocycles. The summed E-state index contributed by atoms with van der Waals surface area (Å²) in [4.78, 5) is 4.54. The highest BCUT2D eigenvalue weighted by molar-refractivity contribution is 5.79. The van der Waals surface area contributed by atoms with Crippen molar-refractivity contribution < 1.29 is 0 Å². The Balaban J connectivity index is 1.69. The van der Waals surface area contributed by atoms with E-state index in [0.717, 1.165) is 23.7 Å². The van der Waals surface area contributed by atoms with Gasteiger partial charge in [-0.15, -0.1) is 0 Å². The summed E-state index contributed by atoms with van der Waals surface area (Å²) in [5.41, 5.74) is 3.54. The summed E-state index contributed by atoms with van der Waals surface area (Å²) in [6, 6.07) is 11.5. The van der Waals surface area contributed by atoms with Gasteiger partial charge >= 0.3 is 0 Å². The maximum Gasteiger partial charge on any atom is 0.0705 e. The van der Waals surface area contributed by atoms with Crippen LogP contribution < -0.4 is 5.32 Å². The number of nitrogens with one attached hydrogen (secondary N) is 1. The number of aromatic nitrogens is 1. The Hall–Kier alpha value is -1.41. The molecule has 2 nitrogen and oxygen atoms in total. The fourth-order valence-corrected chi connectivity index (χ4v) is 3.04. The van der Waals surface area contributed by atoms with Gasteiger partial charge in [0.15, 0.2) is 0 Å². The lowest BCUT2D eigenvalue weighted by Gasteiger charge is -2.12. The van der Waals surface area contributed by atoms with E-state index in [2.05, 4.69) is 47.6 Å². The lowest BCUT2D eigenvalue weighted by molar-refractivity contribution is 0.502. The SMILES string of the molecule is Cc1ccc2cc(CNC3CCC(C)C3)ccc2n1. The smallest absolute Gasteiger partial charge is 0.0705 e. The van der Waals surface area contributed by atoms with Gasteiger partial charge in [-0.1, -0.05) is 19.1 Å². The van der Waals surface area contributed by atoms with Gasteiger partial charge in [-0.3, -0.25) is 4.98 Å². The van der Waals surface area contributed by atoms with Gasteiger partial charge < -0.3 is 5.32 Å². The number of pyridine rings is 1. The highest BCUT2D eigenvalue weighted by Crippen LogP contribution is 2.25. The number of aryl methyl sites for hydroxylation is 1. The highest BCUT2D eigenvalue weighted by Gasteiger charge is 2.20. The van der Waals surface area contributed by atoms with Gasteiger partial charge in [0.25, 0.3) is 0 Å². The Bertz CT molecular complexity index is 576. The first-order valence-corrected chi connectivity index (χ1v) is 7.30. The van der Waals surface area contributed by atoms with Crippen LogP contribution in [0.5, 0.6) is 0 Å². The van der Waals surface area contributed by atoms with Crippen LogP contribution in [0.3, 0.4) is 0 Å². The van der Waals surface area contributed by atoms with E-state index in [1.807, 2.05) is 6.92 Å². The quantitative estimate of drug-likeness (QED) is 0.900. The van der Waals surface area contributed by atoms with Gasteiger partial charge in [0.2, 0.25) is 0 Å². The average molecular weight is 254 g/mol. The molecule has 19 heavy (non-hydrogen) atoms. The summed E-state index contributed by atoms with van der Waals surface area (Å²) in [6.45, 7) is 5.36. The first-order valence-electron chi connectivity index (χ1n) is 7.30. The van der Waals surface area contributed by atoms with E-state index in [1.54, 1.807) is 0 Å². The molecule has 3 rings (SSSR count). The molecule has 2 heteroatoms. The molecular formula is C17H22N2. The van der Waals surface area contributed by atoms with Crippen molar-refractivity contribution in [2.24, 2.45) is 5.92 Å². The molecule has 0 radical (unpaired) electrons. The number of fused-ring (bicyclic) bond motifs is 1. The van der Waals surface area contributed by atoms with Crippen LogP contribution in [0.4, 0.5) is 0 Å². The highest BCUT2D eigenvalue weighted by atomic mass is 14.9. The monoisotopic (exact) mass is 254 g/mol. The molecule has 1 aromatic carbocycles. The van der Waals surface area contributed by atoms with Crippen LogP contribution in [-0.2, 0) is 6.54 Å². The zero-order valence-corrected chi connectivity index (χ0v) is 11.8. The third-order valence-corrected chi connectivity index (χ3v) is 4.18. The van der Waals surface area contributed by atoms with Crippen molar-refractivity contribution in [3.8, 4) is 0 Å². The largest absolute Gasteiger partial charge is 0.310 e. The third kappa shape index (κ3) is 2.95. The number of hydrogen-bond donors (Lipinski definition) is 1. The predicted molar refractivity (Wildman–Crippen MR) is 80.1 cm³/mol. The molecule has 0 saturated heterocycles. The summed E-state index contributed by atoms with van der Waals surface area (Å²) in [5.74, 6) is 0.890. The van der Waals surface area contributed by atoms with Gasteiger partial charge in [0, 0.05) is 23.7 Å². The van der Waals surface area contributed by atoms with Crippen molar-refractivity contribution in [1.29, 1.82) is 0 Å². The Morgan fingerprint density at radius 2 is 2.11 bits per heavy atom. The van der Waals surface area contributed by atoms with Crippen LogP contribution in [-0.4, -0.2) is 11.0 Å². The average Bonchev–Trinajstić information content (AvgIpc) is 2.82. The molecule has 0 aliphatic heterocycles. The Labute approximate surface area is 115 Å². The molecule has 2 atom stereocenters. The van der Waals surface area contributed by atoms with E-state index in [4.69, 9.17) is 0 Å². The Morgan fingerprint density at radius 1 is 1.21 bits per heavy atom. The van der Waals surface area contributed by atoms with Crippen LogP contribution in [0.15, 0.2) is 30.3 Å². The minimum atomic E-state index is 0.710. The first kappa shape index (κ1) is 12.6. The van der Waals surface area contributed by atoms with Crippen LogP contribution in [0.1, 0.15) is 37.4 Å². The van der Waals surface area contributed by atoms with E-state index < -0.39 is 0 Å². The molecule has 0 spiro atoms. The summed E-state index contributed by atoms with van der Waals surface area (Å²) in [6.07, 6.45) is 4.03. The van der Waals surface area contributed by atoms with Crippen LogP contribution in [0.25, 0.3) is 10.9 Å². The van der Waals surface area contributed by atoms with E-state index in [-0.39, 0.29) is 0 Å². The number of benzene rings is 1. The Kier molecular flexibility index (Phi) is 3.52. The number of hydrogen-bond acceptors (Lipinski definition) is 2. The van der Waals surface area contributed by atoms with E-state index in [9.17, 15) is 0 Å². The van der Waals surface area contributed by atoms with E-state index in [0.29, 0.717) is 6.04 Å². The number of nitrogens with zero attached hydrogens (tertiary/aromatic N) is 1. The third-order valence-electron chi connectivity index (χ3n) is 4.18. The predicted octanol–water partition coefficient (Wildman–Crippen LogP) is 3.82. The molecule has 1 N–H and O–H groups in total. The second-order valence-corrected chi connectivity index (χ2v) is 5.98. The molecule has 2 aromatic rings. The van der Waals surface area contributed by atoms with Crippen LogP contribution in [0, 0.1) is 12.8 Å². The van der Waals surface area contributed by atoms with Gasteiger partial charge in [-0.25, -0.2) is 0 Å². The van der Waals surface area contributed by atoms with Gasteiger partial charge in [0.05, 0.1) is 5.52 Å². The van der Waals surface area contributed by atoms with Crippen molar-refractivity contribution in [3.05, 3.63) is 41.6 Å². The van der Waals surface area contributed by atoms with Crippen molar-refractivity contribution in [3.63, 3.8) is 0 Å². The molecule has 1 aromatic heterocycles. The maximum absolute atomic E-state index is 4.54. The summed E-state index contributed by atoms with van der Waals surface area (Å²) < 4.78 is 0. The molecule has 2 unspecified atom stereocenters. The second kappa shape index (κ2) is 5.30. The van der Waals surface area contributed by atoms with Crippen molar-refractivity contribution in [2.45, 2.75) is 45.7 Å². The van der Waals surface area contributed by atoms with Crippen LogP contribution in [0.2, 0.25) is 0 Å². The standard InChI is InChI=1S/C17H22N2/c1-12-3-7-16(9-12)18-11-14-5-8-17-15(10-14)6-4-13(2)19-17/h4-6,8,10,12,16,18H,3,7,9,11H2,1-2H3. The zero-order valence-electron chi connectivity index (χ0n) is 11.8. The topological polar surface area (TPSA) is 24.9 Å². The van der Waals surface area contributed by atoms with Gasteiger partial charge in [0.1, 0.15) is 0 Å². The zero-order chi connectivity index (χ0) is 13.2. The summed E-state index contributed by atoms with van der Waals surface area (Å²) in [5, 5.41) is 4.92. The Morgan fingerprint density at radius 3 is 2.89 bits per heavy atom. The lowest BCUT2D eigenvalue weighted by atomic mass is 10.1. The van der Waals surface area contributed by atoms with E-state index >= 15 is 0 Å². The molecule has 100 valence electrons. The fourth-order valence-electron chi connectivity index (χ4n) is 3.04. The first-order chi connectivity index (χ1) is 9.20. The minimum absolute atomic E-state index is 0.710. The van der Waals surface area contributed by atoms with Crippen molar-refractivity contribution in [1.82, 2.24) is 10.3 Å². The second-order valence-electron chi connectivity index (χ2n) is 5.98. The number of rotatable bonds is 3. The molecule has 1 fully saturated rings. The maximum atomic E-state index is 4.54. The lowest BCUT2D eigenvalue weighted by Crippen LogP contribution is -2.25. The molecular weight excluding hydrogens is 232 g/mol. The molecule has 1 aliphatic carbocycles. The normalized spacial score (nSPS) is 23.1. The summed E-state index contributed by atoms with van der Waals surface area (Å²) in [7, 11) is 0.